The van der Waals surface area contributed by atoms with Crippen molar-refractivity contribution in [3.8, 4) is 22.7 Å². The summed E-state index contributed by atoms with van der Waals surface area (Å²) >= 11 is 6.07. The number of phenols is 1. The molecular weight excluding hydrogens is 412 g/mol. The van der Waals surface area contributed by atoms with Crippen molar-refractivity contribution in [3.05, 3.63) is 95.0 Å². The number of hydrogen-bond donors (Lipinski definition) is 3. The van der Waals surface area contributed by atoms with E-state index in [0.29, 0.717) is 29.4 Å². The second-order valence-corrected chi connectivity index (χ2v) is 7.53. The van der Waals surface area contributed by atoms with Gasteiger partial charge in [0.05, 0.1) is 11.4 Å². The first-order valence-electron chi connectivity index (χ1n) is 9.77. The number of carbonyl (C=O) groups is 1. The lowest BCUT2D eigenvalue weighted by Gasteiger charge is -2.08. The molecule has 4 N–H and O–H groups in total. The van der Waals surface area contributed by atoms with Crippen LogP contribution in [-0.4, -0.2) is 27.3 Å². The van der Waals surface area contributed by atoms with E-state index < -0.39 is 0 Å². The van der Waals surface area contributed by atoms with Gasteiger partial charge in [-0.05, 0) is 60.5 Å². The third-order valence-corrected chi connectivity index (χ3v) is 5.10. The fourth-order valence-electron chi connectivity index (χ4n) is 3.23. The number of amides is 1. The number of aromatic hydroxyl groups is 1. The van der Waals surface area contributed by atoms with E-state index in [0.717, 1.165) is 22.5 Å². The van der Waals surface area contributed by atoms with Gasteiger partial charge in [0.25, 0.3) is 5.91 Å². The van der Waals surface area contributed by atoms with Gasteiger partial charge in [0, 0.05) is 28.8 Å². The lowest BCUT2D eigenvalue weighted by atomic mass is 10.1. The average Bonchev–Trinajstić information content (AvgIpc) is 3.17. The summed E-state index contributed by atoms with van der Waals surface area (Å²) < 4.78 is 1.63. The number of nitrogens with one attached hydrogen (secondary N) is 1. The van der Waals surface area contributed by atoms with Gasteiger partial charge in [0.15, 0.2) is 0 Å². The molecule has 4 aromatic rings. The van der Waals surface area contributed by atoms with Crippen LogP contribution in [0.5, 0.6) is 5.75 Å². The van der Waals surface area contributed by atoms with Crippen LogP contribution in [0.2, 0.25) is 5.02 Å². The molecule has 6 nitrogen and oxygen atoms in total. The van der Waals surface area contributed by atoms with Crippen molar-refractivity contribution in [2.75, 3.05) is 12.3 Å². The molecular formula is C24H21ClN4O2. The number of nitrogens with zero attached hydrogens (tertiary/aromatic N) is 2. The molecule has 31 heavy (non-hydrogen) atoms. The number of nitrogens with two attached hydrogens (primary N) is 1. The second kappa shape index (κ2) is 8.93. The molecule has 0 saturated heterocycles. The third-order valence-electron chi connectivity index (χ3n) is 4.87. The van der Waals surface area contributed by atoms with Crippen molar-refractivity contribution in [2.24, 2.45) is 0 Å². The van der Waals surface area contributed by atoms with Crippen LogP contribution in [0.1, 0.15) is 15.9 Å². The highest BCUT2D eigenvalue weighted by molar-refractivity contribution is 6.30. The molecule has 0 saturated carbocycles. The predicted molar refractivity (Wildman–Crippen MR) is 123 cm³/mol. The summed E-state index contributed by atoms with van der Waals surface area (Å²) in [5.74, 6) is 0.560. The van der Waals surface area contributed by atoms with Crippen LogP contribution in [0.25, 0.3) is 16.9 Å². The topological polar surface area (TPSA) is 93.2 Å². The second-order valence-electron chi connectivity index (χ2n) is 7.10. The molecule has 0 atom stereocenters. The zero-order valence-corrected chi connectivity index (χ0v) is 17.4. The summed E-state index contributed by atoms with van der Waals surface area (Å²) in [4.78, 5) is 12.4. The van der Waals surface area contributed by atoms with E-state index in [1.54, 1.807) is 53.2 Å². The molecule has 7 heteroatoms. The van der Waals surface area contributed by atoms with E-state index >= 15 is 0 Å². The fraction of sp³-hybridized carbons (Fsp3) is 0.0833. The van der Waals surface area contributed by atoms with Crippen LogP contribution >= 0.6 is 11.6 Å². The Kier molecular flexibility index (Phi) is 5.91. The Hall–Kier alpha value is -3.77. The summed E-state index contributed by atoms with van der Waals surface area (Å²) in [5, 5.41) is 17.4. The van der Waals surface area contributed by atoms with E-state index in [1.165, 1.54) is 0 Å². The van der Waals surface area contributed by atoms with Gasteiger partial charge in [-0.25, -0.2) is 4.68 Å². The minimum Gasteiger partial charge on any atom is -0.508 e. The zero-order chi connectivity index (χ0) is 21.8. The lowest BCUT2D eigenvalue weighted by Crippen LogP contribution is -2.25. The van der Waals surface area contributed by atoms with Crippen LogP contribution < -0.4 is 11.1 Å². The van der Waals surface area contributed by atoms with Gasteiger partial charge >= 0.3 is 0 Å². The number of carbonyl (C=O) groups excluding carboxylic acids is 1. The Morgan fingerprint density at radius 3 is 2.48 bits per heavy atom. The molecule has 1 heterocycles. The van der Waals surface area contributed by atoms with Crippen molar-refractivity contribution in [1.29, 1.82) is 0 Å². The highest BCUT2D eigenvalue weighted by Gasteiger charge is 2.11. The molecule has 4 rings (SSSR count). The van der Waals surface area contributed by atoms with Gasteiger partial charge in [0.2, 0.25) is 0 Å². The van der Waals surface area contributed by atoms with Gasteiger partial charge in [-0.3, -0.25) is 4.79 Å². The SMILES string of the molecule is Nc1cc(-c2cccc(Cl)c2)nn1-c1ccc(C(=O)NCCc2ccc(O)cc2)cc1. The molecule has 3 aromatic carbocycles. The van der Waals surface area contributed by atoms with Crippen molar-refractivity contribution < 1.29 is 9.90 Å². The van der Waals surface area contributed by atoms with E-state index in [4.69, 9.17) is 17.3 Å². The number of hydrogen-bond acceptors (Lipinski definition) is 4. The summed E-state index contributed by atoms with van der Waals surface area (Å²) in [6, 6.07) is 23.2. The minimum absolute atomic E-state index is 0.154. The van der Waals surface area contributed by atoms with Gasteiger partial charge in [-0.1, -0.05) is 35.9 Å². The third kappa shape index (κ3) is 4.87. The summed E-state index contributed by atoms with van der Waals surface area (Å²) in [7, 11) is 0. The first-order valence-corrected chi connectivity index (χ1v) is 10.2. The number of phenolic OH excluding ortho intramolecular Hbond substituents is 1. The Bertz CT molecular complexity index is 1200. The maximum Gasteiger partial charge on any atom is 0.251 e. The standard InChI is InChI=1S/C24H21ClN4O2/c25-19-3-1-2-18(14-19)22-15-23(26)29(28-22)20-8-6-17(7-9-20)24(31)27-13-12-16-4-10-21(30)11-5-16/h1-11,14-15,30H,12-13,26H2,(H,27,31). The molecule has 1 amide bonds. The number of anilines is 1. The van der Waals surface area contributed by atoms with Gasteiger partial charge in [-0.2, -0.15) is 5.10 Å². The van der Waals surface area contributed by atoms with Crippen LogP contribution in [0.4, 0.5) is 5.82 Å². The fourth-order valence-corrected chi connectivity index (χ4v) is 3.42. The average molecular weight is 433 g/mol. The number of aromatic nitrogens is 2. The molecule has 0 aliphatic rings. The highest BCUT2D eigenvalue weighted by atomic mass is 35.5. The smallest absolute Gasteiger partial charge is 0.251 e. The number of nitrogen functional groups attached to an aromatic ring is 1. The molecule has 0 fully saturated rings. The van der Waals surface area contributed by atoms with Gasteiger partial charge < -0.3 is 16.2 Å². The lowest BCUT2D eigenvalue weighted by molar-refractivity contribution is 0.0954. The Labute approximate surface area is 184 Å². The van der Waals surface area contributed by atoms with Crippen LogP contribution in [-0.2, 0) is 6.42 Å². The van der Waals surface area contributed by atoms with E-state index in [-0.39, 0.29) is 11.7 Å². The number of rotatable bonds is 6. The molecule has 0 spiro atoms. The minimum atomic E-state index is -0.154. The summed E-state index contributed by atoms with van der Waals surface area (Å²) in [6.07, 6.45) is 0.681. The maximum absolute atomic E-state index is 12.4. The van der Waals surface area contributed by atoms with E-state index in [1.807, 2.05) is 30.3 Å². The van der Waals surface area contributed by atoms with Crippen LogP contribution in [0.3, 0.4) is 0 Å². The molecule has 0 unspecified atom stereocenters. The quantitative estimate of drug-likeness (QED) is 0.419. The van der Waals surface area contributed by atoms with Crippen LogP contribution in [0, 0.1) is 0 Å². The molecule has 0 aliphatic carbocycles. The Morgan fingerprint density at radius 2 is 1.77 bits per heavy atom. The Balaban J connectivity index is 1.42. The van der Waals surface area contributed by atoms with Crippen molar-refractivity contribution in [1.82, 2.24) is 15.1 Å². The number of halogens is 1. The largest absolute Gasteiger partial charge is 0.508 e. The van der Waals surface area contributed by atoms with Gasteiger partial charge in [-0.15, -0.1) is 0 Å². The molecule has 156 valence electrons. The van der Waals surface area contributed by atoms with E-state index in [2.05, 4.69) is 10.4 Å². The zero-order valence-electron chi connectivity index (χ0n) is 16.6. The Morgan fingerprint density at radius 1 is 1.03 bits per heavy atom. The molecule has 1 aromatic heterocycles. The number of benzene rings is 3. The summed E-state index contributed by atoms with van der Waals surface area (Å²) in [5.41, 5.74) is 10.1. The van der Waals surface area contributed by atoms with Gasteiger partial charge in [0.1, 0.15) is 11.6 Å². The normalized spacial score (nSPS) is 10.7. The molecule has 0 radical (unpaired) electrons. The first-order chi connectivity index (χ1) is 15.0. The van der Waals surface area contributed by atoms with Crippen molar-refractivity contribution in [3.63, 3.8) is 0 Å². The molecule has 0 aliphatic heterocycles. The predicted octanol–water partition coefficient (Wildman–Crippen LogP) is 4.45. The first kappa shape index (κ1) is 20.5. The van der Waals surface area contributed by atoms with Crippen molar-refractivity contribution >= 4 is 23.3 Å². The highest BCUT2D eigenvalue weighted by Crippen LogP contribution is 2.25. The summed E-state index contributed by atoms with van der Waals surface area (Å²) in [6.45, 7) is 0.500. The van der Waals surface area contributed by atoms with Crippen LogP contribution in [0.15, 0.2) is 78.9 Å². The molecule has 0 bridgehead atoms. The maximum atomic E-state index is 12.4. The van der Waals surface area contributed by atoms with E-state index in [9.17, 15) is 9.90 Å². The monoisotopic (exact) mass is 432 g/mol. The van der Waals surface area contributed by atoms with Crippen molar-refractivity contribution in [2.45, 2.75) is 6.42 Å².